The van der Waals surface area contributed by atoms with Crippen molar-refractivity contribution < 1.29 is 25.0 Å². The summed E-state index contributed by atoms with van der Waals surface area (Å²) in [5.41, 5.74) is 0.607. The molecule has 3 N–H and O–H groups in total. The van der Waals surface area contributed by atoms with Crippen LogP contribution in [0.25, 0.3) is 11.6 Å². The maximum Gasteiger partial charge on any atom is 0.336 e. The molecular weight excluding hydrogens is 314 g/mol. The van der Waals surface area contributed by atoms with E-state index in [-0.39, 0.29) is 11.1 Å². The molecular formula is C17H15NO6. The van der Waals surface area contributed by atoms with E-state index in [2.05, 4.69) is 0 Å². The van der Waals surface area contributed by atoms with E-state index in [1.54, 1.807) is 24.3 Å². The third-order valence-corrected chi connectivity index (χ3v) is 3.52. The second kappa shape index (κ2) is 6.82. The van der Waals surface area contributed by atoms with E-state index in [0.717, 1.165) is 30.2 Å². The fourth-order valence-corrected chi connectivity index (χ4v) is 2.19. The minimum Gasteiger partial charge on any atom is -0.507 e. The number of carbonyl (C=O) groups is 1. The normalized spacial score (nSPS) is 11.3. The smallest absolute Gasteiger partial charge is 0.336 e. The van der Waals surface area contributed by atoms with Crippen LogP contribution < -0.4 is 0 Å². The van der Waals surface area contributed by atoms with Gasteiger partial charge in [-0.15, -0.1) is 0 Å². The van der Waals surface area contributed by atoms with Crippen LogP contribution in [-0.4, -0.2) is 26.2 Å². The summed E-state index contributed by atoms with van der Waals surface area (Å²) in [6.45, 7) is 1.97. The Bertz CT molecular complexity index is 824. The number of phenols is 2. The molecule has 0 saturated carbocycles. The number of nitrogens with zero attached hydrogens (tertiary/aromatic N) is 1. The number of benzene rings is 2. The number of aryl methyl sites for hydroxylation is 1. The molecule has 0 saturated heterocycles. The molecule has 0 bridgehead atoms. The fourth-order valence-electron chi connectivity index (χ4n) is 2.19. The Balaban J connectivity index is 2.57. The lowest BCUT2D eigenvalue weighted by atomic mass is 10.00. The number of nitro groups is 1. The highest BCUT2D eigenvalue weighted by molar-refractivity contribution is 6.20. The molecule has 0 amide bonds. The summed E-state index contributed by atoms with van der Waals surface area (Å²) >= 11 is 0. The quantitative estimate of drug-likeness (QED) is 0.335. The first-order valence-corrected chi connectivity index (χ1v) is 7.08. The minimum atomic E-state index is -1.24. The summed E-state index contributed by atoms with van der Waals surface area (Å²) in [6, 6.07) is 8.56. The Labute approximate surface area is 137 Å². The zero-order valence-electron chi connectivity index (χ0n) is 12.8. The van der Waals surface area contributed by atoms with Crippen LogP contribution in [0, 0.1) is 10.1 Å². The molecule has 7 heteroatoms. The van der Waals surface area contributed by atoms with Crippen molar-refractivity contribution in [3.63, 3.8) is 0 Å². The molecule has 124 valence electrons. The number of carboxylic acid groups (broad SMARTS) is 1. The molecule has 2 aromatic carbocycles. The average Bonchev–Trinajstić information content (AvgIpc) is 2.53. The first-order chi connectivity index (χ1) is 11.3. The highest BCUT2D eigenvalue weighted by atomic mass is 16.6. The van der Waals surface area contributed by atoms with Crippen molar-refractivity contribution in [2.24, 2.45) is 0 Å². The van der Waals surface area contributed by atoms with Crippen molar-refractivity contribution in [2.45, 2.75) is 13.3 Å². The molecule has 2 rings (SSSR count). The molecule has 0 aliphatic heterocycles. The maximum atomic E-state index is 11.5. The van der Waals surface area contributed by atoms with Gasteiger partial charge in [-0.05, 0) is 23.6 Å². The van der Waals surface area contributed by atoms with E-state index < -0.39 is 28.1 Å². The number of hydrogen-bond acceptors (Lipinski definition) is 5. The second-order valence-electron chi connectivity index (χ2n) is 5.07. The van der Waals surface area contributed by atoms with Crippen molar-refractivity contribution in [3.05, 3.63) is 63.2 Å². The molecule has 0 heterocycles. The third kappa shape index (κ3) is 3.52. The molecule has 2 aromatic rings. The molecule has 0 radical (unpaired) electrons. The van der Waals surface area contributed by atoms with Crippen molar-refractivity contribution >= 4 is 23.3 Å². The van der Waals surface area contributed by atoms with Crippen LogP contribution in [0.3, 0.4) is 0 Å². The lowest BCUT2D eigenvalue weighted by molar-refractivity contribution is -0.385. The zero-order chi connectivity index (χ0) is 17.9. The summed E-state index contributed by atoms with van der Waals surface area (Å²) in [6.07, 6.45) is 1.93. The first-order valence-electron chi connectivity index (χ1n) is 7.08. The maximum absolute atomic E-state index is 11.5. The van der Waals surface area contributed by atoms with Gasteiger partial charge in [-0.2, -0.15) is 0 Å². The Morgan fingerprint density at radius 2 is 1.79 bits per heavy atom. The topological polar surface area (TPSA) is 121 Å². The van der Waals surface area contributed by atoms with Crippen LogP contribution in [0.15, 0.2) is 36.4 Å². The van der Waals surface area contributed by atoms with Crippen LogP contribution in [0.1, 0.15) is 23.6 Å². The Morgan fingerprint density at radius 3 is 2.29 bits per heavy atom. The molecule has 0 fully saturated rings. The highest BCUT2D eigenvalue weighted by Gasteiger charge is 2.18. The number of hydrogen-bond donors (Lipinski definition) is 3. The van der Waals surface area contributed by atoms with Gasteiger partial charge >= 0.3 is 11.7 Å². The predicted octanol–water partition coefficient (Wildman–Crippen LogP) is 3.19. The summed E-state index contributed by atoms with van der Waals surface area (Å²) in [5.74, 6) is -2.39. The largest absolute Gasteiger partial charge is 0.507 e. The molecule has 0 atom stereocenters. The van der Waals surface area contributed by atoms with Gasteiger partial charge in [0.25, 0.3) is 0 Å². The zero-order valence-corrected chi connectivity index (χ0v) is 12.8. The summed E-state index contributed by atoms with van der Waals surface area (Å²) in [5, 5.41) is 39.6. The van der Waals surface area contributed by atoms with Crippen LogP contribution in [0.4, 0.5) is 5.69 Å². The van der Waals surface area contributed by atoms with Crippen molar-refractivity contribution in [3.8, 4) is 11.5 Å². The minimum absolute atomic E-state index is 0.0727. The van der Waals surface area contributed by atoms with Gasteiger partial charge in [0, 0.05) is 17.7 Å². The second-order valence-corrected chi connectivity index (χ2v) is 5.07. The van der Waals surface area contributed by atoms with E-state index in [1.165, 1.54) is 0 Å². The average molecular weight is 329 g/mol. The first kappa shape index (κ1) is 17.0. The molecule has 0 unspecified atom stereocenters. The van der Waals surface area contributed by atoms with Crippen molar-refractivity contribution in [1.29, 1.82) is 0 Å². The molecule has 24 heavy (non-hydrogen) atoms. The summed E-state index contributed by atoms with van der Waals surface area (Å²) in [7, 11) is 0. The van der Waals surface area contributed by atoms with Gasteiger partial charge < -0.3 is 15.3 Å². The molecule has 0 aromatic heterocycles. The molecule has 0 spiro atoms. The van der Waals surface area contributed by atoms with E-state index in [0.29, 0.717) is 5.56 Å². The summed E-state index contributed by atoms with van der Waals surface area (Å²) in [4.78, 5) is 21.6. The van der Waals surface area contributed by atoms with Crippen molar-refractivity contribution in [2.75, 3.05) is 0 Å². The SMILES string of the molecule is CCc1ccc(/C(=C/c2cc([N+](=O)[O-])c(O)cc2O)C(=O)O)cc1. The number of aromatic hydroxyl groups is 2. The van der Waals surface area contributed by atoms with Gasteiger partial charge in [-0.1, -0.05) is 31.2 Å². The number of aliphatic carboxylic acids is 1. The summed E-state index contributed by atoms with van der Waals surface area (Å²) < 4.78 is 0. The monoisotopic (exact) mass is 329 g/mol. The van der Waals surface area contributed by atoms with Gasteiger partial charge in [-0.3, -0.25) is 10.1 Å². The molecule has 0 aliphatic carbocycles. The number of rotatable bonds is 5. The van der Waals surface area contributed by atoms with Crippen LogP contribution in [0.2, 0.25) is 0 Å². The van der Waals surface area contributed by atoms with Gasteiger partial charge in [0.05, 0.1) is 10.5 Å². The lowest BCUT2D eigenvalue weighted by Crippen LogP contribution is -2.00. The van der Waals surface area contributed by atoms with Gasteiger partial charge in [0.15, 0.2) is 5.75 Å². The van der Waals surface area contributed by atoms with Crippen molar-refractivity contribution in [1.82, 2.24) is 0 Å². The Morgan fingerprint density at radius 1 is 1.17 bits per heavy atom. The van der Waals surface area contributed by atoms with E-state index >= 15 is 0 Å². The molecule has 0 aliphatic rings. The highest BCUT2D eigenvalue weighted by Crippen LogP contribution is 2.35. The van der Waals surface area contributed by atoms with Crippen LogP contribution in [0.5, 0.6) is 11.5 Å². The standard InChI is InChI=1S/C17H15NO6/c1-2-10-3-5-11(6-4-10)13(17(21)22)7-12-8-14(18(23)24)16(20)9-15(12)19/h3-9,19-20H,2H2,1H3,(H,21,22)/b13-7-. The van der Waals surface area contributed by atoms with Gasteiger partial charge in [-0.25, -0.2) is 4.79 Å². The fraction of sp³-hybridized carbons (Fsp3) is 0.118. The van der Waals surface area contributed by atoms with E-state index in [9.17, 15) is 30.2 Å². The Hall–Kier alpha value is -3.35. The third-order valence-electron chi connectivity index (χ3n) is 3.52. The van der Waals surface area contributed by atoms with E-state index in [1.807, 2.05) is 6.92 Å². The Kier molecular flexibility index (Phi) is 4.84. The predicted molar refractivity (Wildman–Crippen MR) is 87.8 cm³/mol. The lowest BCUT2D eigenvalue weighted by Gasteiger charge is -2.06. The van der Waals surface area contributed by atoms with Crippen LogP contribution in [-0.2, 0) is 11.2 Å². The van der Waals surface area contributed by atoms with E-state index in [4.69, 9.17) is 0 Å². The number of carboxylic acids is 1. The van der Waals surface area contributed by atoms with Gasteiger partial charge in [0.1, 0.15) is 5.75 Å². The van der Waals surface area contributed by atoms with Gasteiger partial charge in [0.2, 0.25) is 0 Å². The van der Waals surface area contributed by atoms with Crippen LogP contribution >= 0.6 is 0 Å². The number of phenolic OH excluding ortho intramolecular Hbond substituents is 2. The molecule has 7 nitrogen and oxygen atoms in total. The number of nitro benzene ring substituents is 1.